The van der Waals surface area contributed by atoms with Gasteiger partial charge in [0.15, 0.2) is 5.13 Å². The van der Waals surface area contributed by atoms with Gasteiger partial charge in [0.2, 0.25) is 5.91 Å². The molecule has 0 saturated heterocycles. The maximum absolute atomic E-state index is 11.7. The smallest absolute Gasteiger partial charge is 0.303 e. The van der Waals surface area contributed by atoms with E-state index in [0.717, 1.165) is 12.1 Å². The number of carboxylic acids is 1. The van der Waals surface area contributed by atoms with Crippen molar-refractivity contribution in [3.63, 3.8) is 0 Å². The second-order valence-corrected chi connectivity index (χ2v) is 6.69. The maximum Gasteiger partial charge on any atom is 0.303 e. The van der Waals surface area contributed by atoms with Crippen LogP contribution in [0.3, 0.4) is 0 Å². The number of nitrogens with zero attached hydrogens (tertiary/aromatic N) is 1. The molecule has 1 heterocycles. The van der Waals surface area contributed by atoms with Gasteiger partial charge >= 0.3 is 5.97 Å². The van der Waals surface area contributed by atoms with Crippen molar-refractivity contribution >= 4 is 28.3 Å². The molecule has 21 heavy (non-hydrogen) atoms. The van der Waals surface area contributed by atoms with Crippen molar-refractivity contribution < 1.29 is 14.7 Å². The van der Waals surface area contributed by atoms with Crippen LogP contribution in [0.1, 0.15) is 38.8 Å². The Bertz CT molecular complexity index is 486. The molecular formula is C14H23N3O3S. The van der Waals surface area contributed by atoms with Gasteiger partial charge in [-0.15, -0.1) is 11.3 Å². The predicted molar refractivity (Wildman–Crippen MR) is 83.6 cm³/mol. The minimum Gasteiger partial charge on any atom is -0.481 e. The van der Waals surface area contributed by atoms with Gasteiger partial charge in [-0.25, -0.2) is 4.98 Å². The number of thiazole rings is 1. The SMILES string of the molecule is Cc1csc(NC(=O)CNCCC(C)(C)CCC(=O)O)n1. The van der Waals surface area contributed by atoms with Crippen LogP contribution >= 0.6 is 11.3 Å². The van der Waals surface area contributed by atoms with Crippen molar-refractivity contribution in [2.24, 2.45) is 5.41 Å². The Hall–Kier alpha value is -1.47. The molecule has 6 nitrogen and oxygen atoms in total. The molecule has 0 unspecified atom stereocenters. The molecule has 0 atom stereocenters. The Morgan fingerprint density at radius 1 is 1.38 bits per heavy atom. The standard InChI is InChI=1S/C14H23N3O3S/c1-10-9-21-13(16-10)17-11(18)8-15-7-6-14(2,3)5-4-12(19)20/h9,15H,4-8H2,1-3H3,(H,19,20)(H,16,17,18). The first-order valence-corrected chi connectivity index (χ1v) is 7.81. The minimum atomic E-state index is -0.769. The summed E-state index contributed by atoms with van der Waals surface area (Å²) < 4.78 is 0. The number of amides is 1. The van der Waals surface area contributed by atoms with Crippen molar-refractivity contribution in [3.05, 3.63) is 11.1 Å². The lowest BCUT2D eigenvalue weighted by Gasteiger charge is -2.23. The van der Waals surface area contributed by atoms with Gasteiger partial charge in [-0.2, -0.15) is 0 Å². The van der Waals surface area contributed by atoms with E-state index in [9.17, 15) is 9.59 Å². The number of rotatable bonds is 9. The molecule has 0 aromatic carbocycles. The molecule has 0 spiro atoms. The molecule has 1 rings (SSSR count). The lowest BCUT2D eigenvalue weighted by Crippen LogP contribution is -2.31. The molecule has 0 aliphatic rings. The molecule has 1 aromatic heterocycles. The van der Waals surface area contributed by atoms with Crippen molar-refractivity contribution in [2.45, 2.75) is 40.0 Å². The zero-order valence-electron chi connectivity index (χ0n) is 12.7. The quantitative estimate of drug-likeness (QED) is 0.608. The van der Waals surface area contributed by atoms with Crippen LogP contribution in [0, 0.1) is 12.3 Å². The molecule has 0 bridgehead atoms. The highest BCUT2D eigenvalue weighted by Gasteiger charge is 2.18. The number of hydrogen-bond donors (Lipinski definition) is 3. The molecule has 0 radical (unpaired) electrons. The highest BCUT2D eigenvalue weighted by molar-refractivity contribution is 7.13. The average molecular weight is 313 g/mol. The minimum absolute atomic E-state index is 0.0473. The number of aromatic nitrogens is 1. The van der Waals surface area contributed by atoms with Crippen LogP contribution in [0.25, 0.3) is 0 Å². The first-order chi connectivity index (χ1) is 9.78. The van der Waals surface area contributed by atoms with Crippen molar-refractivity contribution in [3.8, 4) is 0 Å². The fourth-order valence-corrected chi connectivity index (χ4v) is 2.48. The molecule has 0 aliphatic heterocycles. The summed E-state index contributed by atoms with van der Waals surface area (Å²) in [4.78, 5) is 26.4. The van der Waals surface area contributed by atoms with Crippen LogP contribution in [0.4, 0.5) is 5.13 Å². The summed E-state index contributed by atoms with van der Waals surface area (Å²) in [6.45, 7) is 6.86. The van der Waals surface area contributed by atoms with Gasteiger partial charge in [-0.3, -0.25) is 9.59 Å². The third-order valence-corrected chi connectivity index (χ3v) is 4.02. The van der Waals surface area contributed by atoms with E-state index in [1.807, 2.05) is 26.2 Å². The van der Waals surface area contributed by atoms with E-state index in [2.05, 4.69) is 15.6 Å². The molecule has 3 N–H and O–H groups in total. The van der Waals surface area contributed by atoms with Crippen LogP contribution in [0.15, 0.2) is 5.38 Å². The zero-order valence-corrected chi connectivity index (χ0v) is 13.5. The van der Waals surface area contributed by atoms with Crippen LogP contribution < -0.4 is 10.6 Å². The molecule has 118 valence electrons. The predicted octanol–water partition coefficient (Wildman–Crippen LogP) is 2.26. The van der Waals surface area contributed by atoms with E-state index in [1.165, 1.54) is 11.3 Å². The second-order valence-electron chi connectivity index (χ2n) is 5.83. The summed E-state index contributed by atoms with van der Waals surface area (Å²) in [6.07, 6.45) is 1.63. The highest BCUT2D eigenvalue weighted by atomic mass is 32.1. The molecular weight excluding hydrogens is 290 g/mol. The number of nitrogens with one attached hydrogen (secondary N) is 2. The van der Waals surface area contributed by atoms with Crippen molar-refractivity contribution in [1.82, 2.24) is 10.3 Å². The van der Waals surface area contributed by atoms with Gasteiger partial charge in [0, 0.05) is 11.8 Å². The van der Waals surface area contributed by atoms with Gasteiger partial charge in [-0.1, -0.05) is 13.8 Å². The molecule has 0 fully saturated rings. The summed E-state index contributed by atoms with van der Waals surface area (Å²) >= 11 is 1.40. The topological polar surface area (TPSA) is 91.3 Å². The van der Waals surface area contributed by atoms with E-state index in [-0.39, 0.29) is 24.3 Å². The first kappa shape index (κ1) is 17.6. The van der Waals surface area contributed by atoms with Gasteiger partial charge in [0.25, 0.3) is 0 Å². The lowest BCUT2D eigenvalue weighted by atomic mass is 9.84. The van der Waals surface area contributed by atoms with Crippen molar-refractivity contribution in [2.75, 3.05) is 18.4 Å². The lowest BCUT2D eigenvalue weighted by molar-refractivity contribution is -0.137. The average Bonchev–Trinajstić information content (AvgIpc) is 2.78. The second kappa shape index (κ2) is 8.09. The first-order valence-electron chi connectivity index (χ1n) is 6.93. The normalized spacial score (nSPS) is 11.4. The number of aryl methyl sites for hydroxylation is 1. The molecule has 0 aliphatic carbocycles. The Morgan fingerprint density at radius 2 is 2.10 bits per heavy atom. The summed E-state index contributed by atoms with van der Waals surface area (Å²) in [5.74, 6) is -0.887. The van der Waals surface area contributed by atoms with Crippen molar-refractivity contribution in [1.29, 1.82) is 0 Å². The molecule has 1 amide bonds. The van der Waals surface area contributed by atoms with Crippen LogP contribution in [0.2, 0.25) is 0 Å². The van der Waals surface area contributed by atoms with E-state index < -0.39 is 5.97 Å². The number of carboxylic acid groups (broad SMARTS) is 1. The van der Waals surface area contributed by atoms with E-state index >= 15 is 0 Å². The largest absolute Gasteiger partial charge is 0.481 e. The number of aliphatic carboxylic acids is 1. The number of carbonyl (C=O) groups excluding carboxylic acids is 1. The number of carbonyl (C=O) groups is 2. The van der Waals surface area contributed by atoms with Gasteiger partial charge < -0.3 is 15.7 Å². The fourth-order valence-electron chi connectivity index (χ4n) is 1.77. The third kappa shape index (κ3) is 7.77. The Labute approximate surface area is 129 Å². The number of hydrogen-bond acceptors (Lipinski definition) is 5. The Kier molecular flexibility index (Phi) is 6.77. The van der Waals surface area contributed by atoms with Crippen LogP contribution in [-0.2, 0) is 9.59 Å². The van der Waals surface area contributed by atoms with Gasteiger partial charge in [0.1, 0.15) is 0 Å². The Morgan fingerprint density at radius 3 is 2.67 bits per heavy atom. The summed E-state index contributed by atoms with van der Waals surface area (Å²) in [6, 6.07) is 0. The third-order valence-electron chi connectivity index (χ3n) is 3.15. The molecule has 1 aromatic rings. The van der Waals surface area contributed by atoms with E-state index in [0.29, 0.717) is 18.1 Å². The van der Waals surface area contributed by atoms with Gasteiger partial charge in [0.05, 0.1) is 12.2 Å². The Balaban J connectivity index is 2.18. The van der Waals surface area contributed by atoms with Crippen LogP contribution in [-0.4, -0.2) is 35.1 Å². The molecule has 0 saturated carbocycles. The maximum atomic E-state index is 11.7. The summed E-state index contributed by atoms with van der Waals surface area (Å²) in [5, 5.41) is 17.0. The summed E-state index contributed by atoms with van der Waals surface area (Å²) in [7, 11) is 0. The van der Waals surface area contributed by atoms with E-state index in [1.54, 1.807) is 0 Å². The van der Waals surface area contributed by atoms with Crippen LogP contribution in [0.5, 0.6) is 0 Å². The van der Waals surface area contributed by atoms with Gasteiger partial charge in [-0.05, 0) is 31.7 Å². The monoisotopic (exact) mass is 313 g/mol. The summed E-state index contributed by atoms with van der Waals surface area (Å²) in [5.41, 5.74) is 0.845. The number of anilines is 1. The van der Waals surface area contributed by atoms with E-state index in [4.69, 9.17) is 5.11 Å². The zero-order chi connectivity index (χ0) is 15.9. The highest BCUT2D eigenvalue weighted by Crippen LogP contribution is 2.25. The molecule has 7 heteroatoms. The fraction of sp³-hybridized carbons (Fsp3) is 0.643.